The van der Waals surface area contributed by atoms with Crippen molar-refractivity contribution < 1.29 is 9.47 Å². The van der Waals surface area contributed by atoms with Crippen molar-refractivity contribution in [2.45, 2.75) is 18.4 Å². The van der Waals surface area contributed by atoms with Crippen LogP contribution >= 0.6 is 0 Å². The molecule has 5 nitrogen and oxygen atoms in total. The van der Waals surface area contributed by atoms with E-state index in [4.69, 9.17) is 15.0 Å². The van der Waals surface area contributed by atoms with Crippen molar-refractivity contribution >= 4 is 0 Å². The van der Waals surface area contributed by atoms with Crippen molar-refractivity contribution in [3.8, 4) is 5.75 Å². The topological polar surface area (TPSA) is 67.2 Å². The molecule has 90 valence electrons. The fourth-order valence-corrected chi connectivity index (χ4v) is 2.18. The van der Waals surface area contributed by atoms with E-state index in [0.29, 0.717) is 19.1 Å². The van der Waals surface area contributed by atoms with E-state index in [2.05, 4.69) is 16.1 Å². The quantitative estimate of drug-likeness (QED) is 0.456. The van der Waals surface area contributed by atoms with E-state index in [0.717, 1.165) is 12.2 Å². The van der Waals surface area contributed by atoms with Crippen molar-refractivity contribution in [1.29, 1.82) is 0 Å². The van der Waals surface area contributed by atoms with Crippen LogP contribution in [0.4, 0.5) is 0 Å². The van der Waals surface area contributed by atoms with E-state index in [1.54, 1.807) is 7.11 Å². The van der Waals surface area contributed by atoms with Gasteiger partial charge < -0.3 is 9.47 Å². The molecule has 0 spiro atoms. The summed E-state index contributed by atoms with van der Waals surface area (Å²) >= 11 is 0. The number of azide groups is 1. The molecule has 5 heteroatoms. The lowest BCUT2D eigenvalue weighted by Gasteiger charge is -2.12. The van der Waals surface area contributed by atoms with Gasteiger partial charge in [-0.2, -0.15) is 0 Å². The maximum Gasteiger partial charge on any atom is 0.122 e. The first-order valence-electron chi connectivity index (χ1n) is 5.60. The Morgan fingerprint density at radius 1 is 1.53 bits per heavy atom. The summed E-state index contributed by atoms with van der Waals surface area (Å²) in [6, 6.07) is 7.97. The Balaban J connectivity index is 2.06. The Morgan fingerprint density at radius 3 is 3.12 bits per heavy atom. The normalized spacial score (nSPS) is 23.1. The molecule has 2 rings (SSSR count). The summed E-state index contributed by atoms with van der Waals surface area (Å²) in [7, 11) is 1.67. The number of ether oxygens (including phenoxy) is 2. The lowest BCUT2D eigenvalue weighted by molar-refractivity contribution is 0.115. The standard InChI is InChI=1S/C12H15N3O2/c1-16-12-5-3-2-4-11(12)9-6-10(17-8-9)7-14-15-13/h2-5,9-10H,6-8H2,1H3/t9-,10+/m0/s1. The van der Waals surface area contributed by atoms with E-state index < -0.39 is 0 Å². The highest BCUT2D eigenvalue weighted by Crippen LogP contribution is 2.34. The van der Waals surface area contributed by atoms with E-state index in [9.17, 15) is 0 Å². The van der Waals surface area contributed by atoms with Crippen LogP contribution in [0.3, 0.4) is 0 Å². The van der Waals surface area contributed by atoms with Crippen LogP contribution in [0.1, 0.15) is 17.9 Å². The van der Waals surface area contributed by atoms with Crippen LogP contribution < -0.4 is 4.74 Å². The van der Waals surface area contributed by atoms with Crippen molar-refractivity contribution in [2.75, 3.05) is 20.3 Å². The maximum absolute atomic E-state index is 8.27. The zero-order valence-electron chi connectivity index (χ0n) is 9.74. The fraction of sp³-hybridized carbons (Fsp3) is 0.500. The minimum atomic E-state index is 0.0285. The predicted octanol–water partition coefficient (Wildman–Crippen LogP) is 2.88. The van der Waals surface area contributed by atoms with Crippen molar-refractivity contribution in [3.63, 3.8) is 0 Å². The molecule has 1 aromatic carbocycles. The highest BCUT2D eigenvalue weighted by molar-refractivity contribution is 5.36. The van der Waals surface area contributed by atoms with E-state index in [1.807, 2.05) is 18.2 Å². The summed E-state index contributed by atoms with van der Waals surface area (Å²) in [4.78, 5) is 2.75. The molecule has 1 saturated heterocycles. The van der Waals surface area contributed by atoms with Crippen LogP contribution in [-0.2, 0) is 4.74 Å². The number of methoxy groups -OCH3 is 1. The van der Waals surface area contributed by atoms with Gasteiger partial charge in [-0.15, -0.1) is 0 Å². The summed E-state index contributed by atoms with van der Waals surface area (Å²) in [6.07, 6.45) is 0.903. The molecule has 1 aliphatic heterocycles. The minimum absolute atomic E-state index is 0.0285. The van der Waals surface area contributed by atoms with Gasteiger partial charge in [0.25, 0.3) is 0 Å². The van der Waals surface area contributed by atoms with Crippen LogP contribution in [0.15, 0.2) is 29.4 Å². The van der Waals surface area contributed by atoms with Crippen LogP contribution in [0.25, 0.3) is 10.4 Å². The molecule has 1 fully saturated rings. The highest BCUT2D eigenvalue weighted by atomic mass is 16.5. The third-order valence-electron chi connectivity index (χ3n) is 3.01. The van der Waals surface area contributed by atoms with Gasteiger partial charge in [-0.05, 0) is 23.6 Å². The molecule has 1 heterocycles. The Kier molecular flexibility index (Phi) is 3.85. The fourth-order valence-electron chi connectivity index (χ4n) is 2.18. The molecule has 0 bridgehead atoms. The monoisotopic (exact) mass is 233 g/mol. The number of benzene rings is 1. The zero-order valence-corrected chi connectivity index (χ0v) is 9.74. The highest BCUT2D eigenvalue weighted by Gasteiger charge is 2.27. The first kappa shape index (κ1) is 11.8. The van der Waals surface area contributed by atoms with Gasteiger partial charge >= 0.3 is 0 Å². The van der Waals surface area contributed by atoms with Gasteiger partial charge in [-0.25, -0.2) is 0 Å². The summed E-state index contributed by atoms with van der Waals surface area (Å²) in [5.41, 5.74) is 9.44. The predicted molar refractivity (Wildman–Crippen MR) is 64.1 cm³/mol. The van der Waals surface area contributed by atoms with Gasteiger partial charge in [0.15, 0.2) is 0 Å². The molecule has 0 aromatic heterocycles. The van der Waals surface area contributed by atoms with Crippen molar-refractivity contribution in [2.24, 2.45) is 5.11 Å². The smallest absolute Gasteiger partial charge is 0.122 e. The second-order valence-corrected chi connectivity index (χ2v) is 4.04. The first-order chi connectivity index (χ1) is 8.35. The van der Waals surface area contributed by atoms with Crippen LogP contribution in [0.5, 0.6) is 5.75 Å². The van der Waals surface area contributed by atoms with Gasteiger partial charge in [-0.3, -0.25) is 0 Å². The molecule has 0 N–H and O–H groups in total. The maximum atomic E-state index is 8.27. The minimum Gasteiger partial charge on any atom is -0.496 e. The zero-order chi connectivity index (χ0) is 12.1. The number of hydrogen-bond donors (Lipinski definition) is 0. The molecule has 1 aliphatic rings. The van der Waals surface area contributed by atoms with Gasteiger partial charge in [0.1, 0.15) is 5.75 Å². The molecule has 17 heavy (non-hydrogen) atoms. The van der Waals surface area contributed by atoms with Crippen LogP contribution in [0.2, 0.25) is 0 Å². The molecule has 0 aliphatic carbocycles. The molecular formula is C12H15N3O2. The SMILES string of the molecule is COc1ccccc1[C@@H]1CO[C@@H](CN=[N+]=[N-])C1. The second kappa shape index (κ2) is 5.57. The van der Waals surface area contributed by atoms with Gasteiger partial charge in [0.05, 0.1) is 26.4 Å². The largest absolute Gasteiger partial charge is 0.496 e. The molecular weight excluding hydrogens is 218 g/mol. The molecule has 0 saturated carbocycles. The Bertz CT molecular complexity index is 430. The summed E-state index contributed by atoms with van der Waals surface area (Å²) < 4.78 is 10.9. The lowest BCUT2D eigenvalue weighted by Crippen LogP contribution is -2.08. The van der Waals surface area contributed by atoms with Gasteiger partial charge in [-0.1, -0.05) is 23.3 Å². The Labute approximate surface area is 100.0 Å². The molecule has 0 radical (unpaired) electrons. The summed E-state index contributed by atoms with van der Waals surface area (Å²) in [6.45, 7) is 1.06. The molecule has 2 atom stereocenters. The lowest BCUT2D eigenvalue weighted by atomic mass is 9.95. The molecule has 0 amide bonds. The molecule has 0 unspecified atom stereocenters. The number of rotatable bonds is 4. The van der Waals surface area contributed by atoms with Gasteiger partial charge in [0, 0.05) is 10.8 Å². The third kappa shape index (κ3) is 2.70. The van der Waals surface area contributed by atoms with Crippen LogP contribution in [-0.4, -0.2) is 26.4 Å². The van der Waals surface area contributed by atoms with Crippen molar-refractivity contribution in [3.05, 3.63) is 40.3 Å². The second-order valence-electron chi connectivity index (χ2n) is 4.04. The number of hydrogen-bond acceptors (Lipinski definition) is 3. The van der Waals surface area contributed by atoms with E-state index >= 15 is 0 Å². The van der Waals surface area contributed by atoms with E-state index in [-0.39, 0.29) is 6.10 Å². The Morgan fingerprint density at radius 2 is 2.35 bits per heavy atom. The van der Waals surface area contributed by atoms with Crippen LogP contribution in [0, 0.1) is 0 Å². The summed E-state index contributed by atoms with van der Waals surface area (Å²) in [5.74, 6) is 1.22. The first-order valence-corrected chi connectivity index (χ1v) is 5.60. The molecule has 1 aromatic rings. The average molecular weight is 233 g/mol. The van der Waals surface area contributed by atoms with Gasteiger partial charge in [0.2, 0.25) is 0 Å². The Hall–Kier alpha value is -1.71. The number of nitrogens with zero attached hydrogens (tertiary/aromatic N) is 3. The van der Waals surface area contributed by atoms with Crippen molar-refractivity contribution in [1.82, 2.24) is 0 Å². The summed E-state index contributed by atoms with van der Waals surface area (Å²) in [5, 5.41) is 3.55. The average Bonchev–Trinajstić information content (AvgIpc) is 2.85. The third-order valence-corrected chi connectivity index (χ3v) is 3.01. The van der Waals surface area contributed by atoms with E-state index in [1.165, 1.54) is 5.56 Å². The number of para-hydroxylation sites is 1.